The number of hydrogen-bond acceptors (Lipinski definition) is 2. The molecule has 2 rings (SSSR count). The monoisotopic (exact) mass is 186 g/mol. The summed E-state index contributed by atoms with van der Waals surface area (Å²) in [6, 6.07) is 0. The Balaban J connectivity index is 2.21. The van der Waals surface area contributed by atoms with Gasteiger partial charge in [-0.05, 0) is 30.8 Å². The van der Waals surface area contributed by atoms with E-state index in [9.17, 15) is 8.78 Å². The fourth-order valence-corrected chi connectivity index (χ4v) is 2.07. The van der Waals surface area contributed by atoms with Crippen LogP contribution < -0.4 is 5.73 Å². The molecule has 0 heterocycles. The lowest BCUT2D eigenvalue weighted by Crippen LogP contribution is -2.21. The Morgan fingerprint density at radius 3 is 2.85 bits per heavy atom. The van der Waals surface area contributed by atoms with Crippen LogP contribution in [0.1, 0.15) is 19.3 Å². The Labute approximate surface area is 75.3 Å². The summed E-state index contributed by atoms with van der Waals surface area (Å²) in [6.07, 6.45) is -0.151. The maximum absolute atomic E-state index is 12.2. The van der Waals surface area contributed by atoms with Gasteiger partial charge in [-0.25, -0.2) is 8.78 Å². The average molecular weight is 186 g/mol. The van der Waals surface area contributed by atoms with Gasteiger partial charge in [0.2, 0.25) is 0 Å². The highest BCUT2D eigenvalue weighted by molar-refractivity contribution is 6.00. The summed E-state index contributed by atoms with van der Waals surface area (Å²) >= 11 is 0. The van der Waals surface area contributed by atoms with Gasteiger partial charge in [0, 0.05) is 11.6 Å². The summed E-state index contributed by atoms with van der Waals surface area (Å²) in [4.78, 5) is 0. The minimum Gasteiger partial charge on any atom is -0.402 e. The Bertz CT molecular complexity index is 283. The molecule has 1 saturated carbocycles. The van der Waals surface area contributed by atoms with Crippen molar-refractivity contribution in [2.75, 3.05) is 0 Å². The van der Waals surface area contributed by atoms with Crippen LogP contribution in [0.15, 0.2) is 11.3 Å². The van der Waals surface area contributed by atoms with Crippen molar-refractivity contribution in [3.05, 3.63) is 11.3 Å². The van der Waals surface area contributed by atoms with Gasteiger partial charge in [0.1, 0.15) is 5.71 Å². The van der Waals surface area contributed by atoms with Gasteiger partial charge in [-0.15, -0.1) is 0 Å². The first-order chi connectivity index (χ1) is 6.11. The van der Waals surface area contributed by atoms with Crippen molar-refractivity contribution in [2.24, 2.45) is 17.6 Å². The van der Waals surface area contributed by atoms with Gasteiger partial charge in [0.05, 0.1) is 0 Å². The van der Waals surface area contributed by atoms with E-state index in [1.807, 2.05) is 0 Å². The van der Waals surface area contributed by atoms with Crippen LogP contribution >= 0.6 is 0 Å². The van der Waals surface area contributed by atoms with E-state index >= 15 is 0 Å². The van der Waals surface area contributed by atoms with Crippen LogP contribution in [0.2, 0.25) is 0 Å². The largest absolute Gasteiger partial charge is 0.402 e. The van der Waals surface area contributed by atoms with Gasteiger partial charge in [-0.1, -0.05) is 0 Å². The number of rotatable bonds is 2. The molecule has 0 amide bonds. The van der Waals surface area contributed by atoms with Crippen molar-refractivity contribution in [3.8, 4) is 0 Å². The molecule has 0 spiro atoms. The molecule has 2 unspecified atom stereocenters. The highest BCUT2D eigenvalue weighted by Gasteiger charge is 2.43. The van der Waals surface area contributed by atoms with E-state index in [2.05, 4.69) is 0 Å². The first-order valence-electron chi connectivity index (χ1n) is 4.46. The van der Waals surface area contributed by atoms with Crippen molar-refractivity contribution < 1.29 is 8.78 Å². The lowest BCUT2D eigenvalue weighted by Gasteiger charge is -2.16. The number of nitrogens with one attached hydrogen (secondary N) is 1. The molecule has 0 aromatic rings. The topological polar surface area (TPSA) is 49.9 Å². The summed E-state index contributed by atoms with van der Waals surface area (Å²) < 4.78 is 24.4. The third-order valence-corrected chi connectivity index (χ3v) is 2.98. The van der Waals surface area contributed by atoms with Crippen molar-refractivity contribution in [2.45, 2.75) is 25.7 Å². The standard InChI is InChI=1S/C9H12F2N2/c10-9(11)8(13)5-2-1-4-3-6(4)7(5)12/h4,6,9,13H,1-3,12H2. The molecule has 1 fully saturated rings. The minimum absolute atomic E-state index is 0.308. The van der Waals surface area contributed by atoms with Crippen LogP contribution in [0.25, 0.3) is 0 Å². The molecule has 3 N–H and O–H groups in total. The van der Waals surface area contributed by atoms with Crippen LogP contribution in [-0.2, 0) is 0 Å². The predicted molar refractivity (Wildman–Crippen MR) is 45.8 cm³/mol. The van der Waals surface area contributed by atoms with Crippen LogP contribution in [0, 0.1) is 17.2 Å². The molecule has 2 aliphatic carbocycles. The van der Waals surface area contributed by atoms with Crippen LogP contribution in [0.3, 0.4) is 0 Å². The van der Waals surface area contributed by atoms with E-state index in [4.69, 9.17) is 11.1 Å². The highest BCUT2D eigenvalue weighted by Crippen LogP contribution is 2.50. The first-order valence-corrected chi connectivity index (χ1v) is 4.46. The molecular formula is C9H12F2N2. The number of allylic oxidation sites excluding steroid dienone is 2. The van der Waals surface area contributed by atoms with E-state index in [0.717, 1.165) is 12.8 Å². The Morgan fingerprint density at radius 1 is 1.54 bits per heavy atom. The molecule has 0 aromatic carbocycles. The van der Waals surface area contributed by atoms with Gasteiger partial charge >= 0.3 is 0 Å². The summed E-state index contributed by atoms with van der Waals surface area (Å²) in [6.45, 7) is 0. The second-order valence-corrected chi connectivity index (χ2v) is 3.79. The number of halogens is 2. The lowest BCUT2D eigenvalue weighted by molar-refractivity contribution is 0.224. The molecule has 0 bridgehead atoms. The molecule has 2 atom stereocenters. The normalized spacial score (nSPS) is 31.9. The average Bonchev–Trinajstić information content (AvgIpc) is 2.83. The van der Waals surface area contributed by atoms with E-state index in [1.165, 1.54) is 0 Å². The molecular weight excluding hydrogens is 174 g/mol. The Morgan fingerprint density at radius 2 is 2.23 bits per heavy atom. The second kappa shape index (κ2) is 2.79. The minimum atomic E-state index is -2.68. The van der Waals surface area contributed by atoms with Crippen molar-refractivity contribution in [1.29, 1.82) is 5.41 Å². The van der Waals surface area contributed by atoms with Gasteiger partial charge in [0.25, 0.3) is 6.43 Å². The summed E-state index contributed by atoms with van der Waals surface area (Å²) in [5.74, 6) is 0.928. The van der Waals surface area contributed by atoms with Crippen LogP contribution in [-0.4, -0.2) is 12.1 Å². The van der Waals surface area contributed by atoms with Gasteiger partial charge in [-0.3, -0.25) is 5.41 Å². The lowest BCUT2D eigenvalue weighted by atomic mass is 9.93. The zero-order valence-corrected chi connectivity index (χ0v) is 7.19. The van der Waals surface area contributed by atoms with E-state index < -0.39 is 12.1 Å². The molecule has 0 saturated heterocycles. The van der Waals surface area contributed by atoms with Crippen molar-refractivity contribution >= 4 is 5.71 Å². The van der Waals surface area contributed by atoms with Crippen molar-refractivity contribution in [3.63, 3.8) is 0 Å². The van der Waals surface area contributed by atoms with E-state index in [0.29, 0.717) is 29.5 Å². The maximum Gasteiger partial charge on any atom is 0.280 e. The Kier molecular flexibility index (Phi) is 1.86. The van der Waals surface area contributed by atoms with Gasteiger partial charge in [-0.2, -0.15) is 0 Å². The smallest absolute Gasteiger partial charge is 0.280 e. The molecule has 2 aliphatic rings. The molecule has 0 radical (unpaired) electrons. The third-order valence-electron chi connectivity index (χ3n) is 2.98. The molecule has 2 nitrogen and oxygen atoms in total. The summed E-state index contributed by atoms with van der Waals surface area (Å²) in [5, 5.41) is 7.19. The van der Waals surface area contributed by atoms with Gasteiger partial charge in [0.15, 0.2) is 0 Å². The number of fused-ring (bicyclic) bond motifs is 1. The molecule has 4 heteroatoms. The fourth-order valence-electron chi connectivity index (χ4n) is 2.07. The van der Waals surface area contributed by atoms with E-state index in [-0.39, 0.29) is 0 Å². The maximum atomic E-state index is 12.2. The SMILES string of the molecule is N=C(C1=C(N)C2CC2CC1)C(F)F. The summed E-state index contributed by atoms with van der Waals surface area (Å²) in [5.41, 5.74) is 6.11. The number of nitrogens with two attached hydrogens (primary N) is 1. The van der Waals surface area contributed by atoms with E-state index in [1.54, 1.807) is 0 Å². The van der Waals surface area contributed by atoms with Gasteiger partial charge < -0.3 is 5.73 Å². The third kappa shape index (κ3) is 1.34. The summed E-state index contributed by atoms with van der Waals surface area (Å²) in [7, 11) is 0. The fraction of sp³-hybridized carbons (Fsp3) is 0.667. The second-order valence-electron chi connectivity index (χ2n) is 3.79. The number of hydrogen-bond donors (Lipinski definition) is 2. The van der Waals surface area contributed by atoms with Crippen molar-refractivity contribution in [1.82, 2.24) is 0 Å². The molecule has 0 aromatic heterocycles. The predicted octanol–water partition coefficient (Wildman–Crippen LogP) is 1.91. The Hall–Kier alpha value is -0.930. The first kappa shape index (κ1) is 8.66. The zero-order valence-electron chi connectivity index (χ0n) is 7.19. The molecule has 0 aliphatic heterocycles. The number of alkyl halides is 2. The highest BCUT2D eigenvalue weighted by atomic mass is 19.3. The molecule has 72 valence electrons. The quantitative estimate of drug-likeness (QED) is 0.636. The van der Waals surface area contributed by atoms with Crippen LogP contribution in [0.5, 0.6) is 0 Å². The molecule has 13 heavy (non-hydrogen) atoms. The zero-order chi connectivity index (χ0) is 9.59. The van der Waals surface area contributed by atoms with Crippen LogP contribution in [0.4, 0.5) is 8.78 Å².